The SMILES string of the molecule is C=C/C=C(\C=C/C)N1N=C(/N=C(C)\C=C\C(=O)O)CC1(C)C. The maximum absolute atomic E-state index is 10.5. The van der Waals surface area contributed by atoms with E-state index >= 15 is 0 Å². The maximum atomic E-state index is 10.5. The molecule has 0 saturated carbocycles. The predicted molar refractivity (Wildman–Crippen MR) is 90.9 cm³/mol. The minimum absolute atomic E-state index is 0.204. The Balaban J connectivity index is 3.08. The van der Waals surface area contributed by atoms with Gasteiger partial charge in [-0.15, -0.1) is 0 Å². The Morgan fingerprint density at radius 3 is 2.64 bits per heavy atom. The molecule has 0 aliphatic carbocycles. The molecule has 5 nitrogen and oxygen atoms in total. The van der Waals surface area contributed by atoms with Crippen LogP contribution in [-0.2, 0) is 4.79 Å². The highest BCUT2D eigenvalue weighted by Crippen LogP contribution is 2.31. The van der Waals surface area contributed by atoms with Crippen molar-refractivity contribution in [2.24, 2.45) is 10.1 Å². The van der Waals surface area contributed by atoms with E-state index < -0.39 is 5.97 Å². The number of amidine groups is 1. The number of aliphatic imine (C=N–C) groups is 1. The molecule has 0 atom stereocenters. The molecule has 1 rings (SSSR count). The van der Waals surface area contributed by atoms with Crippen molar-refractivity contribution in [3.8, 4) is 0 Å². The van der Waals surface area contributed by atoms with Gasteiger partial charge in [-0.05, 0) is 45.9 Å². The molecule has 0 aromatic carbocycles. The molecule has 5 heteroatoms. The fourth-order valence-electron chi connectivity index (χ4n) is 2.14. The largest absolute Gasteiger partial charge is 0.478 e. The highest BCUT2D eigenvalue weighted by atomic mass is 16.4. The lowest BCUT2D eigenvalue weighted by atomic mass is 10.00. The summed E-state index contributed by atoms with van der Waals surface area (Å²) in [7, 11) is 0. The normalized spacial score (nSPS) is 19.1. The Bertz CT molecular complexity index is 593. The first-order valence-electron chi connectivity index (χ1n) is 7.09. The molecule has 0 unspecified atom stereocenters. The quantitative estimate of drug-likeness (QED) is 0.480. The molecular weight excluding hydrogens is 278 g/mol. The second-order valence-electron chi connectivity index (χ2n) is 5.57. The van der Waals surface area contributed by atoms with Gasteiger partial charge in [-0.3, -0.25) is 5.01 Å². The van der Waals surface area contributed by atoms with Crippen LogP contribution in [0.25, 0.3) is 0 Å². The zero-order valence-electron chi connectivity index (χ0n) is 13.6. The first-order chi connectivity index (χ1) is 10.3. The Labute approximate surface area is 131 Å². The summed E-state index contributed by atoms with van der Waals surface area (Å²) in [6, 6.07) is 0. The molecule has 0 fully saturated rings. The van der Waals surface area contributed by atoms with Crippen molar-refractivity contribution in [1.29, 1.82) is 0 Å². The van der Waals surface area contributed by atoms with Gasteiger partial charge in [0.25, 0.3) is 0 Å². The van der Waals surface area contributed by atoms with Crippen LogP contribution in [0, 0.1) is 0 Å². The van der Waals surface area contributed by atoms with Crippen LogP contribution in [0.3, 0.4) is 0 Å². The van der Waals surface area contributed by atoms with Crippen molar-refractivity contribution < 1.29 is 9.90 Å². The second kappa shape index (κ2) is 7.54. The lowest BCUT2D eigenvalue weighted by Gasteiger charge is -2.30. The van der Waals surface area contributed by atoms with E-state index in [0.29, 0.717) is 18.0 Å². The fraction of sp³-hybridized carbons (Fsp3) is 0.353. The topological polar surface area (TPSA) is 65.3 Å². The van der Waals surface area contributed by atoms with Crippen LogP contribution in [0.1, 0.15) is 34.1 Å². The summed E-state index contributed by atoms with van der Waals surface area (Å²) in [5, 5.41) is 15.1. The van der Waals surface area contributed by atoms with E-state index in [1.54, 1.807) is 13.0 Å². The third-order valence-corrected chi connectivity index (χ3v) is 3.02. The minimum Gasteiger partial charge on any atom is -0.478 e. The summed E-state index contributed by atoms with van der Waals surface area (Å²) in [6.07, 6.45) is 10.8. The lowest BCUT2D eigenvalue weighted by Crippen LogP contribution is -2.35. The number of hydrogen-bond donors (Lipinski definition) is 1. The minimum atomic E-state index is -0.992. The number of carbonyl (C=O) groups is 1. The fourth-order valence-corrected chi connectivity index (χ4v) is 2.14. The van der Waals surface area contributed by atoms with Crippen LogP contribution in [-0.4, -0.2) is 33.2 Å². The average Bonchev–Trinajstić information content (AvgIpc) is 2.70. The summed E-state index contributed by atoms with van der Waals surface area (Å²) in [5.74, 6) is -0.314. The summed E-state index contributed by atoms with van der Waals surface area (Å²) in [5.41, 5.74) is 1.34. The maximum Gasteiger partial charge on any atom is 0.328 e. The van der Waals surface area contributed by atoms with E-state index in [2.05, 4.69) is 30.5 Å². The van der Waals surface area contributed by atoms with Gasteiger partial charge in [0.05, 0.1) is 11.2 Å². The number of aliphatic carboxylic acids is 1. The average molecular weight is 301 g/mol. The molecule has 0 bridgehead atoms. The molecule has 0 aromatic rings. The van der Waals surface area contributed by atoms with Crippen LogP contribution in [0.2, 0.25) is 0 Å². The molecule has 1 aliphatic rings. The summed E-state index contributed by atoms with van der Waals surface area (Å²) in [4.78, 5) is 14.9. The molecular formula is C17H23N3O2. The van der Waals surface area contributed by atoms with Crippen LogP contribution >= 0.6 is 0 Å². The van der Waals surface area contributed by atoms with Gasteiger partial charge in [0.15, 0.2) is 5.84 Å². The van der Waals surface area contributed by atoms with Crippen molar-refractivity contribution in [2.75, 3.05) is 0 Å². The number of carboxylic acids is 1. The molecule has 0 radical (unpaired) electrons. The zero-order chi connectivity index (χ0) is 16.8. The van der Waals surface area contributed by atoms with Crippen LogP contribution in [0.15, 0.2) is 58.8 Å². The molecule has 0 spiro atoms. The Morgan fingerprint density at radius 2 is 2.09 bits per heavy atom. The molecule has 1 N–H and O–H groups in total. The molecule has 1 heterocycles. The molecule has 0 saturated heterocycles. The van der Waals surface area contributed by atoms with E-state index in [-0.39, 0.29) is 5.54 Å². The van der Waals surface area contributed by atoms with Crippen molar-refractivity contribution in [3.05, 3.63) is 48.7 Å². The number of nitrogens with zero attached hydrogens (tertiary/aromatic N) is 3. The predicted octanol–water partition coefficient (Wildman–Crippen LogP) is 3.53. The first kappa shape index (κ1) is 17.6. The second-order valence-corrected chi connectivity index (χ2v) is 5.57. The Hall–Kier alpha value is -2.43. The molecule has 22 heavy (non-hydrogen) atoms. The van der Waals surface area contributed by atoms with E-state index in [9.17, 15) is 4.79 Å². The molecule has 0 amide bonds. The number of allylic oxidation sites excluding steroid dienone is 5. The summed E-state index contributed by atoms with van der Waals surface area (Å²) >= 11 is 0. The van der Waals surface area contributed by atoms with E-state index in [1.165, 1.54) is 6.08 Å². The van der Waals surface area contributed by atoms with Gasteiger partial charge in [0.2, 0.25) is 0 Å². The van der Waals surface area contributed by atoms with Crippen molar-refractivity contribution in [1.82, 2.24) is 5.01 Å². The Morgan fingerprint density at radius 1 is 1.41 bits per heavy atom. The summed E-state index contributed by atoms with van der Waals surface area (Å²) < 4.78 is 0. The van der Waals surface area contributed by atoms with Crippen LogP contribution in [0.4, 0.5) is 0 Å². The van der Waals surface area contributed by atoms with Gasteiger partial charge in [-0.2, -0.15) is 5.10 Å². The lowest BCUT2D eigenvalue weighted by molar-refractivity contribution is -0.131. The number of rotatable bonds is 5. The van der Waals surface area contributed by atoms with Crippen LogP contribution < -0.4 is 0 Å². The van der Waals surface area contributed by atoms with Crippen molar-refractivity contribution in [3.63, 3.8) is 0 Å². The zero-order valence-corrected chi connectivity index (χ0v) is 13.6. The summed E-state index contributed by atoms with van der Waals surface area (Å²) in [6.45, 7) is 11.6. The smallest absolute Gasteiger partial charge is 0.328 e. The molecule has 0 aromatic heterocycles. The van der Waals surface area contributed by atoms with E-state index in [4.69, 9.17) is 5.11 Å². The van der Waals surface area contributed by atoms with Gasteiger partial charge < -0.3 is 5.11 Å². The monoisotopic (exact) mass is 301 g/mol. The van der Waals surface area contributed by atoms with Gasteiger partial charge in [0, 0.05) is 18.2 Å². The Kier molecular flexibility index (Phi) is 6.04. The molecule has 118 valence electrons. The van der Waals surface area contributed by atoms with Gasteiger partial charge in [0.1, 0.15) is 0 Å². The third-order valence-electron chi connectivity index (χ3n) is 3.02. The standard InChI is InChI=1S/C17H23N3O2/c1-6-8-14(9-7-2)20-17(4,5)12-15(19-20)18-13(3)10-11-16(21)22/h6-11H,1,12H2,2-5H3,(H,21,22)/b9-7-,11-10+,14-8+,18-13-. The van der Waals surface area contributed by atoms with E-state index in [1.807, 2.05) is 30.2 Å². The number of hydrogen-bond acceptors (Lipinski definition) is 4. The highest BCUT2D eigenvalue weighted by molar-refractivity contribution is 6.05. The van der Waals surface area contributed by atoms with Crippen LogP contribution in [0.5, 0.6) is 0 Å². The van der Waals surface area contributed by atoms with Crippen molar-refractivity contribution >= 4 is 17.5 Å². The van der Waals surface area contributed by atoms with Crippen molar-refractivity contribution in [2.45, 2.75) is 39.7 Å². The number of hydrazone groups is 1. The van der Waals surface area contributed by atoms with Gasteiger partial charge >= 0.3 is 5.97 Å². The van der Waals surface area contributed by atoms with Gasteiger partial charge in [-0.25, -0.2) is 9.79 Å². The third kappa shape index (κ3) is 4.84. The highest BCUT2D eigenvalue weighted by Gasteiger charge is 2.35. The van der Waals surface area contributed by atoms with Gasteiger partial charge in [-0.1, -0.05) is 18.7 Å². The first-order valence-corrected chi connectivity index (χ1v) is 7.09. The number of carboxylic acid groups (broad SMARTS) is 1. The van der Waals surface area contributed by atoms with E-state index in [0.717, 1.165) is 11.8 Å². The molecule has 1 aliphatic heterocycles.